The maximum atomic E-state index is 9.70. The second-order valence-electron chi connectivity index (χ2n) is 0.908. The molecule has 0 rings (SSSR count). The molecular formula is C2H11Ca2O4P. The van der Waals surface area contributed by atoms with Crippen molar-refractivity contribution in [3.63, 3.8) is 0 Å². The Hall–Kier alpha value is 2.63. The summed E-state index contributed by atoms with van der Waals surface area (Å²) in [5, 5.41) is 0. The van der Waals surface area contributed by atoms with Crippen LogP contribution in [-0.2, 0) is 9.09 Å². The van der Waals surface area contributed by atoms with E-state index in [4.69, 9.17) is 9.79 Å². The Morgan fingerprint density at radius 3 is 1.78 bits per heavy atom. The van der Waals surface area contributed by atoms with Crippen molar-refractivity contribution in [2.24, 2.45) is 0 Å². The second kappa shape index (κ2) is 8.72. The molecule has 0 aliphatic carbocycles. The fourth-order valence-corrected chi connectivity index (χ4v) is 0.505. The van der Waals surface area contributed by atoms with Crippen LogP contribution in [0.25, 0.3) is 0 Å². The zero-order valence-corrected chi connectivity index (χ0v) is 4.76. The quantitative estimate of drug-likeness (QED) is 0.420. The van der Waals surface area contributed by atoms with Gasteiger partial charge in [-0.05, 0) is 6.92 Å². The summed E-state index contributed by atoms with van der Waals surface area (Å²) in [5.41, 5.74) is 0. The molecule has 0 radical (unpaired) electrons. The summed E-state index contributed by atoms with van der Waals surface area (Å²) < 4.78 is 13.6. The van der Waals surface area contributed by atoms with Crippen LogP contribution in [0.4, 0.5) is 0 Å². The molecule has 0 spiro atoms. The molecule has 0 saturated heterocycles. The summed E-state index contributed by atoms with van der Waals surface area (Å²) in [6, 6.07) is 0. The Kier molecular flexibility index (Phi) is 17.1. The maximum absolute atomic E-state index is 9.70. The molecule has 0 unspecified atom stereocenters. The molecule has 0 atom stereocenters. The predicted octanol–water partition coefficient (Wildman–Crippen LogP) is -1.72. The molecular weight excluding hydrogens is 199 g/mol. The topological polar surface area (TPSA) is 66.8 Å². The van der Waals surface area contributed by atoms with E-state index in [-0.39, 0.29) is 82.1 Å². The molecule has 2 N–H and O–H groups in total. The fourth-order valence-electron chi connectivity index (χ4n) is 0.168. The van der Waals surface area contributed by atoms with E-state index >= 15 is 0 Å². The Balaban J connectivity index is -0.000000180. The summed E-state index contributed by atoms with van der Waals surface area (Å²) in [5.74, 6) is 0. The van der Waals surface area contributed by atoms with Crippen molar-refractivity contribution in [3.8, 4) is 0 Å². The molecule has 0 heterocycles. The van der Waals surface area contributed by atoms with Gasteiger partial charge in [0.05, 0.1) is 6.61 Å². The van der Waals surface area contributed by atoms with E-state index in [0.717, 1.165) is 0 Å². The van der Waals surface area contributed by atoms with E-state index in [1.165, 1.54) is 6.92 Å². The average Bonchev–Trinajstić information content (AvgIpc) is 1.30. The average molecular weight is 210 g/mol. The number of rotatable bonds is 2. The van der Waals surface area contributed by atoms with Crippen molar-refractivity contribution in [2.45, 2.75) is 6.92 Å². The molecule has 52 valence electrons. The van der Waals surface area contributed by atoms with Crippen LogP contribution in [-0.4, -0.2) is 91.9 Å². The molecule has 0 aliphatic rings. The molecule has 0 aromatic rings. The summed E-state index contributed by atoms with van der Waals surface area (Å²) in [4.78, 5) is 15.8. The molecule has 7 heteroatoms. The van der Waals surface area contributed by atoms with Crippen LogP contribution in [0.5, 0.6) is 0 Å². The van der Waals surface area contributed by atoms with Crippen molar-refractivity contribution >= 4 is 83.3 Å². The van der Waals surface area contributed by atoms with Crippen molar-refractivity contribution in [2.75, 3.05) is 6.61 Å². The Morgan fingerprint density at radius 1 is 1.44 bits per heavy atom. The summed E-state index contributed by atoms with van der Waals surface area (Å²) in [6.07, 6.45) is 0. The number of phosphoric acid groups is 1. The van der Waals surface area contributed by atoms with Gasteiger partial charge in [-0.15, -0.1) is 0 Å². The molecule has 0 saturated carbocycles. The standard InChI is InChI=1S/C2H7O4P.2Ca.4H/c1-2-6-7(3,4)5;;;;;;/h2H2,1H3,(H2,3,4,5);;;;;;. The third-order valence-corrected chi connectivity index (χ3v) is 0.892. The van der Waals surface area contributed by atoms with Gasteiger partial charge in [-0.1, -0.05) is 0 Å². The SMILES string of the molecule is CCOP(=O)(O)O.[CaH2].[CaH2]. The van der Waals surface area contributed by atoms with Gasteiger partial charge in [0.25, 0.3) is 0 Å². The Labute approximate surface area is 114 Å². The third kappa shape index (κ3) is 18.0. The van der Waals surface area contributed by atoms with Crippen LogP contribution in [0.2, 0.25) is 0 Å². The molecule has 0 aromatic carbocycles. The van der Waals surface area contributed by atoms with Gasteiger partial charge in [0.2, 0.25) is 0 Å². The first-order chi connectivity index (χ1) is 3.06. The van der Waals surface area contributed by atoms with E-state index < -0.39 is 7.82 Å². The fraction of sp³-hybridized carbons (Fsp3) is 1.00. The second-order valence-corrected chi connectivity index (χ2v) is 2.15. The van der Waals surface area contributed by atoms with Crippen LogP contribution >= 0.6 is 7.82 Å². The normalized spacial score (nSPS) is 9.22. The monoisotopic (exact) mass is 210 g/mol. The van der Waals surface area contributed by atoms with Crippen LogP contribution in [0.1, 0.15) is 6.92 Å². The zero-order valence-electron chi connectivity index (χ0n) is 3.87. The van der Waals surface area contributed by atoms with Gasteiger partial charge in [-0.3, -0.25) is 4.52 Å². The van der Waals surface area contributed by atoms with Gasteiger partial charge in [0.15, 0.2) is 0 Å². The minimum absolute atomic E-state index is 0. The first kappa shape index (κ1) is 17.6. The van der Waals surface area contributed by atoms with Gasteiger partial charge in [0, 0.05) is 0 Å². The Bertz CT molecular complexity index is 90.6. The van der Waals surface area contributed by atoms with Gasteiger partial charge in [-0.25, -0.2) is 4.57 Å². The molecule has 0 fully saturated rings. The first-order valence-corrected chi connectivity index (χ1v) is 3.29. The van der Waals surface area contributed by atoms with Crippen LogP contribution in [0, 0.1) is 0 Å². The van der Waals surface area contributed by atoms with E-state index in [2.05, 4.69) is 4.52 Å². The van der Waals surface area contributed by atoms with Crippen molar-refractivity contribution < 1.29 is 18.9 Å². The molecule has 0 amide bonds. The van der Waals surface area contributed by atoms with E-state index in [0.29, 0.717) is 0 Å². The third-order valence-electron chi connectivity index (χ3n) is 0.297. The molecule has 0 bridgehead atoms. The molecule has 9 heavy (non-hydrogen) atoms. The first-order valence-electron chi connectivity index (χ1n) is 1.76. The van der Waals surface area contributed by atoms with Gasteiger partial charge < -0.3 is 9.79 Å². The minimum atomic E-state index is -4.17. The summed E-state index contributed by atoms with van der Waals surface area (Å²) >= 11 is 0. The van der Waals surface area contributed by atoms with Gasteiger partial charge >= 0.3 is 83.3 Å². The van der Waals surface area contributed by atoms with E-state index in [1.54, 1.807) is 0 Å². The van der Waals surface area contributed by atoms with Gasteiger partial charge in [0.1, 0.15) is 0 Å². The number of hydrogen-bond acceptors (Lipinski definition) is 2. The summed E-state index contributed by atoms with van der Waals surface area (Å²) in [6.45, 7) is 1.56. The molecule has 0 aromatic heterocycles. The van der Waals surface area contributed by atoms with Crippen LogP contribution < -0.4 is 0 Å². The van der Waals surface area contributed by atoms with E-state index in [1.807, 2.05) is 0 Å². The van der Waals surface area contributed by atoms with Crippen LogP contribution in [0.3, 0.4) is 0 Å². The zero-order chi connectivity index (χ0) is 5.91. The number of phosphoric ester groups is 1. The van der Waals surface area contributed by atoms with Crippen molar-refractivity contribution in [1.29, 1.82) is 0 Å². The van der Waals surface area contributed by atoms with Crippen molar-refractivity contribution in [1.82, 2.24) is 0 Å². The summed E-state index contributed by atoms with van der Waals surface area (Å²) in [7, 11) is -4.17. The molecule has 4 nitrogen and oxygen atoms in total. The molecule has 0 aliphatic heterocycles. The van der Waals surface area contributed by atoms with Gasteiger partial charge in [-0.2, -0.15) is 0 Å². The predicted molar refractivity (Wildman–Crippen MR) is 40.8 cm³/mol. The van der Waals surface area contributed by atoms with E-state index in [9.17, 15) is 4.57 Å². The van der Waals surface area contributed by atoms with Crippen LogP contribution in [0.15, 0.2) is 0 Å². The van der Waals surface area contributed by atoms with Crippen molar-refractivity contribution in [3.05, 3.63) is 0 Å². The Morgan fingerprint density at radius 2 is 1.78 bits per heavy atom. The number of hydrogen-bond donors (Lipinski definition) is 2.